The van der Waals surface area contributed by atoms with Crippen LogP contribution in [0.15, 0.2) is 66.7 Å². The number of ether oxygens (including phenoxy) is 2. The minimum Gasteiger partial charge on any atom is -0.425 e. The summed E-state index contributed by atoms with van der Waals surface area (Å²) in [6.45, 7) is 3.62. The molecule has 3 rings (SSSR count). The predicted octanol–water partition coefficient (Wildman–Crippen LogP) is 4.36. The van der Waals surface area contributed by atoms with E-state index in [1.54, 1.807) is 6.07 Å². The van der Waals surface area contributed by atoms with Crippen molar-refractivity contribution >= 4 is 0 Å². The van der Waals surface area contributed by atoms with Crippen LogP contribution in [-0.4, -0.2) is 23.4 Å². The van der Waals surface area contributed by atoms with E-state index in [1.165, 1.54) is 7.11 Å². The van der Waals surface area contributed by atoms with Gasteiger partial charge in [0.05, 0.1) is 0 Å². The summed E-state index contributed by atoms with van der Waals surface area (Å²) in [4.78, 5) is 8.36. The molecule has 1 atom stereocenters. The highest BCUT2D eigenvalue weighted by Gasteiger charge is 2.45. The van der Waals surface area contributed by atoms with Crippen LogP contribution < -0.4 is 4.74 Å². The quantitative estimate of drug-likeness (QED) is 0.661. The Balaban J connectivity index is 2.08. The van der Waals surface area contributed by atoms with Gasteiger partial charge >= 0.3 is 6.01 Å². The molecule has 5 heteroatoms. The largest absolute Gasteiger partial charge is 0.425 e. The molecule has 3 aromatic rings. The van der Waals surface area contributed by atoms with Crippen LogP contribution in [0.5, 0.6) is 6.01 Å². The third kappa shape index (κ3) is 3.44. The molecule has 0 aliphatic heterocycles. The van der Waals surface area contributed by atoms with Gasteiger partial charge in [-0.2, -0.15) is 4.39 Å². The van der Waals surface area contributed by atoms with Crippen molar-refractivity contribution in [3.63, 3.8) is 0 Å². The molecule has 0 fully saturated rings. The van der Waals surface area contributed by atoms with Crippen molar-refractivity contribution in [1.82, 2.24) is 9.97 Å². The number of methoxy groups -OCH3 is 1. The van der Waals surface area contributed by atoms with E-state index in [1.807, 2.05) is 74.5 Å². The van der Waals surface area contributed by atoms with Gasteiger partial charge < -0.3 is 9.47 Å². The van der Waals surface area contributed by atoms with Gasteiger partial charge in [-0.25, -0.2) is 9.97 Å². The smallest absolute Gasteiger partial charge is 0.319 e. The summed E-state index contributed by atoms with van der Waals surface area (Å²) >= 11 is 0. The van der Waals surface area contributed by atoms with Gasteiger partial charge in [0.25, 0.3) is 6.36 Å². The first-order valence-electron chi connectivity index (χ1n) is 8.35. The zero-order valence-electron chi connectivity index (χ0n) is 15.0. The molecule has 0 N–H and O–H groups in total. The third-order valence-electron chi connectivity index (χ3n) is 4.22. The van der Waals surface area contributed by atoms with E-state index in [4.69, 9.17) is 9.47 Å². The molecule has 26 heavy (non-hydrogen) atoms. The highest BCUT2D eigenvalue weighted by molar-refractivity contribution is 5.37. The standard InChI is InChI=1S/C21H21FN2O2/c1-15-14-16(2)24-20(23-15)26-19(22)21(25-3,17-10-6-4-7-11-17)18-12-8-5-9-13-18/h4-14,19H,1-3H3. The number of nitrogens with zero attached hydrogens (tertiary/aromatic N) is 2. The van der Waals surface area contributed by atoms with E-state index >= 15 is 4.39 Å². The predicted molar refractivity (Wildman–Crippen MR) is 97.7 cm³/mol. The van der Waals surface area contributed by atoms with Gasteiger partial charge in [-0.3, -0.25) is 0 Å². The lowest BCUT2D eigenvalue weighted by molar-refractivity contribution is -0.129. The summed E-state index contributed by atoms with van der Waals surface area (Å²) in [5.41, 5.74) is 1.27. The molecule has 2 aromatic carbocycles. The molecule has 1 unspecified atom stereocenters. The van der Waals surface area contributed by atoms with Crippen molar-refractivity contribution in [3.05, 3.63) is 89.2 Å². The molecule has 0 saturated heterocycles. The average molecular weight is 352 g/mol. The molecular formula is C21H21FN2O2. The van der Waals surface area contributed by atoms with Crippen molar-refractivity contribution in [2.45, 2.75) is 25.8 Å². The first-order chi connectivity index (χ1) is 12.6. The first-order valence-corrected chi connectivity index (χ1v) is 8.35. The number of benzene rings is 2. The minimum atomic E-state index is -1.85. The van der Waals surface area contributed by atoms with Gasteiger partial charge in [0.15, 0.2) is 5.60 Å². The molecular weight excluding hydrogens is 331 g/mol. The third-order valence-corrected chi connectivity index (χ3v) is 4.22. The number of alkyl halides is 1. The maximum atomic E-state index is 15.6. The summed E-state index contributed by atoms with van der Waals surface area (Å²) in [6, 6.07) is 20.1. The van der Waals surface area contributed by atoms with E-state index in [-0.39, 0.29) is 6.01 Å². The number of rotatable bonds is 6. The molecule has 0 aliphatic carbocycles. The SMILES string of the molecule is COC(c1ccccc1)(c1ccccc1)C(F)Oc1nc(C)cc(C)n1. The van der Waals surface area contributed by atoms with Crippen LogP contribution in [0.4, 0.5) is 4.39 Å². The topological polar surface area (TPSA) is 44.2 Å². The van der Waals surface area contributed by atoms with Gasteiger partial charge in [-0.1, -0.05) is 60.7 Å². The van der Waals surface area contributed by atoms with Gasteiger partial charge in [-0.05, 0) is 31.0 Å². The van der Waals surface area contributed by atoms with Gasteiger partial charge in [0.1, 0.15) is 0 Å². The molecule has 0 bridgehead atoms. The van der Waals surface area contributed by atoms with Crippen LogP contribution in [0.3, 0.4) is 0 Å². The van der Waals surface area contributed by atoms with Crippen molar-refractivity contribution in [2.24, 2.45) is 0 Å². The molecule has 0 amide bonds. The summed E-state index contributed by atoms with van der Waals surface area (Å²) in [6.07, 6.45) is -1.85. The van der Waals surface area contributed by atoms with E-state index in [0.29, 0.717) is 22.5 Å². The van der Waals surface area contributed by atoms with Crippen LogP contribution in [0.25, 0.3) is 0 Å². The Kier molecular flexibility index (Phi) is 5.28. The molecule has 0 radical (unpaired) electrons. The second-order valence-corrected chi connectivity index (χ2v) is 6.04. The molecule has 0 aliphatic rings. The Morgan fingerprint density at radius 2 is 1.31 bits per heavy atom. The van der Waals surface area contributed by atoms with Crippen molar-refractivity contribution in [1.29, 1.82) is 0 Å². The number of hydrogen-bond donors (Lipinski definition) is 0. The number of aromatic nitrogens is 2. The van der Waals surface area contributed by atoms with Crippen LogP contribution in [0.1, 0.15) is 22.5 Å². The lowest BCUT2D eigenvalue weighted by atomic mass is 9.86. The summed E-state index contributed by atoms with van der Waals surface area (Å²) in [5.74, 6) is 0. The molecule has 4 nitrogen and oxygen atoms in total. The maximum Gasteiger partial charge on any atom is 0.319 e. The van der Waals surface area contributed by atoms with Crippen molar-refractivity contribution in [3.8, 4) is 6.01 Å². The fourth-order valence-corrected chi connectivity index (χ4v) is 3.05. The van der Waals surface area contributed by atoms with Crippen LogP contribution in [-0.2, 0) is 10.3 Å². The lowest BCUT2D eigenvalue weighted by Crippen LogP contribution is -2.43. The fourth-order valence-electron chi connectivity index (χ4n) is 3.05. The van der Waals surface area contributed by atoms with E-state index in [2.05, 4.69) is 9.97 Å². The van der Waals surface area contributed by atoms with Crippen LogP contribution >= 0.6 is 0 Å². The minimum absolute atomic E-state index is 0.0108. The summed E-state index contributed by atoms with van der Waals surface area (Å²) < 4.78 is 26.9. The fraction of sp³-hybridized carbons (Fsp3) is 0.238. The van der Waals surface area contributed by atoms with Gasteiger partial charge in [0, 0.05) is 18.5 Å². The Morgan fingerprint density at radius 3 is 1.73 bits per heavy atom. The Hall–Kier alpha value is -2.79. The zero-order chi connectivity index (χ0) is 18.6. The normalized spacial score (nSPS) is 12.6. The lowest BCUT2D eigenvalue weighted by Gasteiger charge is -2.35. The first kappa shape index (κ1) is 18.0. The van der Waals surface area contributed by atoms with Crippen LogP contribution in [0.2, 0.25) is 0 Å². The number of aryl methyl sites for hydroxylation is 2. The Labute approximate surface area is 152 Å². The summed E-state index contributed by atoms with van der Waals surface area (Å²) in [7, 11) is 1.47. The maximum absolute atomic E-state index is 15.6. The van der Waals surface area contributed by atoms with Crippen LogP contribution in [0, 0.1) is 13.8 Å². The number of halogens is 1. The van der Waals surface area contributed by atoms with E-state index in [0.717, 1.165) is 0 Å². The molecule has 0 spiro atoms. The Bertz CT molecular complexity index is 797. The monoisotopic (exact) mass is 352 g/mol. The van der Waals surface area contributed by atoms with Gasteiger partial charge in [0.2, 0.25) is 0 Å². The highest BCUT2D eigenvalue weighted by Crippen LogP contribution is 2.38. The van der Waals surface area contributed by atoms with Crippen molar-refractivity contribution in [2.75, 3.05) is 7.11 Å². The van der Waals surface area contributed by atoms with Crippen molar-refractivity contribution < 1.29 is 13.9 Å². The zero-order valence-corrected chi connectivity index (χ0v) is 15.0. The second-order valence-electron chi connectivity index (χ2n) is 6.04. The Morgan fingerprint density at radius 1 is 0.846 bits per heavy atom. The van der Waals surface area contributed by atoms with E-state index < -0.39 is 12.0 Å². The molecule has 1 heterocycles. The average Bonchev–Trinajstić information content (AvgIpc) is 2.64. The molecule has 0 saturated carbocycles. The second kappa shape index (κ2) is 7.62. The molecule has 1 aromatic heterocycles. The highest BCUT2D eigenvalue weighted by atomic mass is 19.1. The van der Waals surface area contributed by atoms with Gasteiger partial charge in [-0.15, -0.1) is 0 Å². The van der Waals surface area contributed by atoms with E-state index in [9.17, 15) is 0 Å². The summed E-state index contributed by atoms with van der Waals surface area (Å²) in [5, 5.41) is 0. The number of hydrogen-bond acceptors (Lipinski definition) is 4. The molecule has 134 valence electrons.